The van der Waals surface area contributed by atoms with Crippen molar-refractivity contribution in [2.45, 2.75) is 45.6 Å². The lowest BCUT2D eigenvalue weighted by Gasteiger charge is -2.23. The summed E-state index contributed by atoms with van der Waals surface area (Å²) in [6, 6.07) is 5.82. The fourth-order valence-electron chi connectivity index (χ4n) is 3.66. The largest absolute Gasteiger partial charge is 0.361 e. The van der Waals surface area contributed by atoms with Crippen LogP contribution in [0.1, 0.15) is 48.1 Å². The second-order valence-electron chi connectivity index (χ2n) is 6.53. The highest BCUT2D eigenvalue weighted by molar-refractivity contribution is 5.77. The number of hydrogen-bond acceptors (Lipinski definition) is 5. The van der Waals surface area contributed by atoms with E-state index >= 15 is 0 Å². The van der Waals surface area contributed by atoms with Crippen LogP contribution in [0.25, 0.3) is 5.65 Å². The molecule has 1 aliphatic heterocycles. The van der Waals surface area contributed by atoms with Crippen LogP contribution in [-0.2, 0) is 11.2 Å². The van der Waals surface area contributed by atoms with Crippen molar-refractivity contribution in [1.82, 2.24) is 24.7 Å². The van der Waals surface area contributed by atoms with Gasteiger partial charge in [0.1, 0.15) is 5.76 Å². The van der Waals surface area contributed by atoms with Crippen LogP contribution in [0.5, 0.6) is 0 Å². The highest BCUT2D eigenvalue weighted by Gasteiger charge is 2.33. The van der Waals surface area contributed by atoms with E-state index in [1.807, 2.05) is 47.5 Å². The van der Waals surface area contributed by atoms with Crippen LogP contribution < -0.4 is 0 Å². The Balaban J connectivity index is 1.52. The quantitative estimate of drug-likeness (QED) is 0.730. The molecule has 0 aromatic carbocycles. The molecule has 25 heavy (non-hydrogen) atoms. The minimum Gasteiger partial charge on any atom is -0.361 e. The van der Waals surface area contributed by atoms with Crippen LogP contribution in [0.3, 0.4) is 0 Å². The second kappa shape index (κ2) is 6.31. The van der Waals surface area contributed by atoms with Gasteiger partial charge in [0.05, 0.1) is 11.7 Å². The van der Waals surface area contributed by atoms with Crippen molar-refractivity contribution in [3.8, 4) is 0 Å². The number of aromatic nitrogens is 4. The first-order valence-electron chi connectivity index (χ1n) is 8.66. The lowest BCUT2D eigenvalue weighted by molar-refractivity contribution is -0.132. The van der Waals surface area contributed by atoms with Gasteiger partial charge in [-0.05, 0) is 45.2 Å². The van der Waals surface area contributed by atoms with Crippen molar-refractivity contribution in [2.24, 2.45) is 0 Å². The molecule has 1 amide bonds. The van der Waals surface area contributed by atoms with E-state index in [9.17, 15) is 4.79 Å². The Labute approximate surface area is 145 Å². The Bertz CT molecular complexity index is 894. The van der Waals surface area contributed by atoms with Crippen molar-refractivity contribution in [1.29, 1.82) is 0 Å². The molecule has 7 heteroatoms. The van der Waals surface area contributed by atoms with Gasteiger partial charge in [0, 0.05) is 24.7 Å². The van der Waals surface area contributed by atoms with E-state index in [1.54, 1.807) is 0 Å². The average Bonchev–Trinajstić information content (AvgIpc) is 3.32. The molecule has 7 nitrogen and oxygen atoms in total. The van der Waals surface area contributed by atoms with E-state index in [1.165, 1.54) is 0 Å². The Kier molecular flexibility index (Phi) is 3.99. The van der Waals surface area contributed by atoms with E-state index in [0.29, 0.717) is 12.8 Å². The Morgan fingerprint density at radius 2 is 2.20 bits per heavy atom. The van der Waals surface area contributed by atoms with Gasteiger partial charge in [-0.2, -0.15) is 0 Å². The van der Waals surface area contributed by atoms with Crippen LogP contribution >= 0.6 is 0 Å². The summed E-state index contributed by atoms with van der Waals surface area (Å²) in [7, 11) is 0. The van der Waals surface area contributed by atoms with Crippen LogP contribution in [0.2, 0.25) is 0 Å². The molecular weight excluding hydrogens is 318 g/mol. The molecule has 0 N–H and O–H groups in total. The van der Waals surface area contributed by atoms with Crippen LogP contribution in [0.4, 0.5) is 0 Å². The fourth-order valence-corrected chi connectivity index (χ4v) is 3.66. The summed E-state index contributed by atoms with van der Waals surface area (Å²) in [5, 5.41) is 12.5. The summed E-state index contributed by atoms with van der Waals surface area (Å²) >= 11 is 0. The standard InChI is InChI=1S/C18H21N5O2/c1-12-14(13(2)25-21-12)8-9-17(24)22-11-5-6-15(22)18-20-19-16-7-3-4-10-23(16)18/h3-4,7,10,15H,5-6,8-9,11H2,1-2H3/t15-/m1/s1. The average molecular weight is 339 g/mol. The number of likely N-dealkylation sites (tertiary alicyclic amines) is 1. The highest BCUT2D eigenvalue weighted by atomic mass is 16.5. The molecule has 1 fully saturated rings. The molecule has 0 spiro atoms. The monoisotopic (exact) mass is 339 g/mol. The van der Waals surface area contributed by atoms with Crippen LogP contribution in [-0.4, -0.2) is 37.1 Å². The maximum absolute atomic E-state index is 12.8. The summed E-state index contributed by atoms with van der Waals surface area (Å²) in [6.45, 7) is 4.57. The van der Waals surface area contributed by atoms with Gasteiger partial charge in [-0.1, -0.05) is 11.2 Å². The van der Waals surface area contributed by atoms with Crippen molar-refractivity contribution >= 4 is 11.6 Å². The molecule has 0 aliphatic carbocycles. The Hall–Kier alpha value is -2.70. The minimum absolute atomic E-state index is 0.00503. The second-order valence-corrected chi connectivity index (χ2v) is 6.53. The van der Waals surface area contributed by atoms with Gasteiger partial charge < -0.3 is 9.42 Å². The molecule has 3 aromatic heterocycles. The number of nitrogens with zero attached hydrogens (tertiary/aromatic N) is 5. The third kappa shape index (κ3) is 2.79. The molecule has 0 saturated carbocycles. The van der Waals surface area contributed by atoms with E-state index in [0.717, 1.165) is 47.9 Å². The number of rotatable bonds is 4. The van der Waals surface area contributed by atoms with E-state index < -0.39 is 0 Å². The maximum Gasteiger partial charge on any atom is 0.223 e. The summed E-state index contributed by atoms with van der Waals surface area (Å²) in [5.74, 6) is 1.79. The molecule has 0 unspecified atom stereocenters. The summed E-state index contributed by atoms with van der Waals surface area (Å²) < 4.78 is 7.16. The molecule has 4 heterocycles. The van der Waals surface area contributed by atoms with Gasteiger partial charge in [-0.3, -0.25) is 9.20 Å². The zero-order chi connectivity index (χ0) is 17.4. The summed E-state index contributed by atoms with van der Waals surface area (Å²) in [6.07, 6.45) is 4.98. The van der Waals surface area contributed by atoms with Crippen molar-refractivity contribution in [3.05, 3.63) is 47.2 Å². The highest BCUT2D eigenvalue weighted by Crippen LogP contribution is 2.32. The van der Waals surface area contributed by atoms with Gasteiger partial charge in [0.25, 0.3) is 0 Å². The molecule has 0 radical (unpaired) electrons. The number of carbonyl (C=O) groups excluding carboxylic acids is 1. The summed E-state index contributed by atoms with van der Waals surface area (Å²) in [4.78, 5) is 14.8. The normalized spacial score (nSPS) is 17.5. The van der Waals surface area contributed by atoms with Gasteiger partial charge in [-0.15, -0.1) is 10.2 Å². The van der Waals surface area contributed by atoms with Crippen molar-refractivity contribution in [2.75, 3.05) is 6.54 Å². The molecule has 1 saturated heterocycles. The number of aryl methyl sites for hydroxylation is 2. The van der Waals surface area contributed by atoms with Crippen LogP contribution in [0.15, 0.2) is 28.9 Å². The topological polar surface area (TPSA) is 76.5 Å². The fraction of sp³-hybridized carbons (Fsp3) is 0.444. The van der Waals surface area contributed by atoms with Crippen molar-refractivity contribution < 1.29 is 9.32 Å². The van der Waals surface area contributed by atoms with Gasteiger partial charge >= 0.3 is 0 Å². The number of amides is 1. The lowest BCUT2D eigenvalue weighted by Crippen LogP contribution is -2.31. The van der Waals surface area contributed by atoms with E-state index in [-0.39, 0.29) is 11.9 Å². The Morgan fingerprint density at radius 1 is 1.32 bits per heavy atom. The SMILES string of the molecule is Cc1noc(C)c1CCC(=O)N1CCC[C@@H]1c1nnc2ccccn12. The zero-order valence-corrected chi connectivity index (χ0v) is 14.5. The smallest absolute Gasteiger partial charge is 0.223 e. The first-order valence-corrected chi connectivity index (χ1v) is 8.66. The van der Waals surface area contributed by atoms with Crippen LogP contribution in [0, 0.1) is 13.8 Å². The maximum atomic E-state index is 12.8. The molecule has 4 rings (SSSR count). The predicted octanol–water partition coefficient (Wildman–Crippen LogP) is 2.63. The number of carbonyl (C=O) groups is 1. The third-order valence-electron chi connectivity index (χ3n) is 4.98. The predicted molar refractivity (Wildman–Crippen MR) is 91.0 cm³/mol. The van der Waals surface area contributed by atoms with Crippen molar-refractivity contribution in [3.63, 3.8) is 0 Å². The summed E-state index contributed by atoms with van der Waals surface area (Å²) in [5.41, 5.74) is 2.72. The lowest BCUT2D eigenvalue weighted by atomic mass is 10.1. The van der Waals surface area contributed by atoms with E-state index in [2.05, 4.69) is 15.4 Å². The first kappa shape index (κ1) is 15.8. The number of fused-ring (bicyclic) bond motifs is 1. The molecule has 3 aromatic rings. The number of hydrogen-bond donors (Lipinski definition) is 0. The van der Waals surface area contributed by atoms with Gasteiger partial charge in [-0.25, -0.2) is 0 Å². The van der Waals surface area contributed by atoms with Gasteiger partial charge in [0.15, 0.2) is 11.5 Å². The molecule has 1 aliphatic rings. The molecular formula is C18H21N5O2. The van der Waals surface area contributed by atoms with E-state index in [4.69, 9.17) is 4.52 Å². The van der Waals surface area contributed by atoms with Gasteiger partial charge in [0.2, 0.25) is 5.91 Å². The molecule has 1 atom stereocenters. The number of pyridine rings is 1. The Morgan fingerprint density at radius 3 is 3.00 bits per heavy atom. The zero-order valence-electron chi connectivity index (χ0n) is 14.5. The molecule has 130 valence electrons. The third-order valence-corrected chi connectivity index (χ3v) is 4.98. The minimum atomic E-state index is -0.00503. The first-order chi connectivity index (χ1) is 12.1. The molecule has 0 bridgehead atoms.